The minimum Gasteiger partial charge on any atom is -0.331 e. The molecule has 118 valence electrons. The minimum atomic E-state index is 0.845. The zero-order valence-corrected chi connectivity index (χ0v) is 13.8. The molecule has 2 fully saturated rings. The average molecular weight is 316 g/mol. The van der Waals surface area contributed by atoms with Crippen LogP contribution >= 0.6 is 11.5 Å². The quantitative estimate of drug-likeness (QED) is 0.863. The highest BCUT2D eigenvalue weighted by Gasteiger charge is 2.32. The van der Waals surface area contributed by atoms with E-state index in [0.717, 1.165) is 29.9 Å². The van der Waals surface area contributed by atoms with E-state index >= 15 is 0 Å². The van der Waals surface area contributed by atoms with E-state index < -0.39 is 0 Å². The Kier molecular flexibility index (Phi) is 4.26. The molecule has 0 spiro atoms. The summed E-state index contributed by atoms with van der Waals surface area (Å²) < 4.78 is 6.52. The van der Waals surface area contributed by atoms with Crippen LogP contribution in [0.3, 0.4) is 0 Å². The van der Waals surface area contributed by atoms with E-state index in [1.165, 1.54) is 63.1 Å². The first-order valence-electron chi connectivity index (χ1n) is 8.57. The fraction of sp³-hybridized carbons (Fsp3) is 0.647. The lowest BCUT2D eigenvalue weighted by Crippen LogP contribution is -2.48. The summed E-state index contributed by atoms with van der Waals surface area (Å²) in [7, 11) is 0. The Morgan fingerprint density at radius 2 is 2.14 bits per heavy atom. The number of aromatic nitrogens is 3. The van der Waals surface area contributed by atoms with Crippen molar-refractivity contribution in [2.75, 3.05) is 13.1 Å². The summed E-state index contributed by atoms with van der Waals surface area (Å²) in [5, 5.41) is 2.09. The number of hydrogen-bond donors (Lipinski definition) is 0. The first-order valence-corrected chi connectivity index (χ1v) is 9.40. The number of nitrogens with zero attached hydrogens (tertiary/aromatic N) is 4. The molecule has 0 saturated carbocycles. The number of piperidine rings is 2. The number of imidazole rings is 1. The molecular formula is C17H24N4S. The van der Waals surface area contributed by atoms with Gasteiger partial charge in [0.05, 0.1) is 6.20 Å². The van der Waals surface area contributed by atoms with Crippen molar-refractivity contribution in [1.82, 2.24) is 18.8 Å². The van der Waals surface area contributed by atoms with E-state index in [4.69, 9.17) is 0 Å². The molecule has 2 aliphatic heterocycles. The zero-order chi connectivity index (χ0) is 14.8. The second kappa shape index (κ2) is 6.50. The summed E-state index contributed by atoms with van der Waals surface area (Å²) in [5.41, 5.74) is 1.15. The van der Waals surface area contributed by atoms with Gasteiger partial charge in [-0.1, -0.05) is 6.42 Å². The normalized spacial score (nSPS) is 26.0. The summed E-state index contributed by atoms with van der Waals surface area (Å²) >= 11 is 1.50. The van der Waals surface area contributed by atoms with Gasteiger partial charge in [-0.05, 0) is 62.6 Å². The van der Waals surface area contributed by atoms with Crippen molar-refractivity contribution in [3.05, 3.63) is 24.0 Å². The van der Waals surface area contributed by atoms with Gasteiger partial charge < -0.3 is 9.47 Å². The van der Waals surface area contributed by atoms with Crippen molar-refractivity contribution in [3.8, 4) is 11.4 Å². The molecule has 2 saturated heterocycles. The van der Waals surface area contributed by atoms with Crippen molar-refractivity contribution < 1.29 is 0 Å². The maximum atomic E-state index is 4.52. The Hall–Kier alpha value is -1.20. The second-order valence-corrected chi connectivity index (χ2v) is 7.30. The van der Waals surface area contributed by atoms with Crippen LogP contribution < -0.4 is 0 Å². The van der Waals surface area contributed by atoms with Crippen LogP contribution in [-0.2, 0) is 6.54 Å². The molecule has 4 rings (SSSR count). The SMILES string of the molecule is c1cn(CC[C@@H]2CCCN3CCCC[C@H]23)c(-c2cnsc2)n1. The number of hydrogen-bond acceptors (Lipinski definition) is 4. The molecule has 2 aliphatic rings. The van der Waals surface area contributed by atoms with Crippen molar-refractivity contribution in [2.24, 2.45) is 5.92 Å². The molecule has 2 aromatic rings. The molecule has 0 aromatic carbocycles. The molecule has 0 aliphatic carbocycles. The van der Waals surface area contributed by atoms with E-state index in [1.807, 2.05) is 12.4 Å². The van der Waals surface area contributed by atoms with Gasteiger partial charge in [0.1, 0.15) is 5.82 Å². The largest absolute Gasteiger partial charge is 0.331 e. The van der Waals surface area contributed by atoms with Crippen LogP contribution in [0.2, 0.25) is 0 Å². The van der Waals surface area contributed by atoms with Crippen LogP contribution in [0, 0.1) is 5.92 Å². The lowest BCUT2D eigenvalue weighted by Gasteiger charge is -2.44. The van der Waals surface area contributed by atoms with Crippen LogP contribution in [-0.4, -0.2) is 38.0 Å². The van der Waals surface area contributed by atoms with Gasteiger partial charge in [0.25, 0.3) is 0 Å². The smallest absolute Gasteiger partial charge is 0.142 e. The van der Waals surface area contributed by atoms with Gasteiger partial charge in [-0.25, -0.2) is 9.36 Å². The predicted molar refractivity (Wildman–Crippen MR) is 89.9 cm³/mol. The minimum absolute atomic E-state index is 0.845. The lowest BCUT2D eigenvalue weighted by atomic mass is 9.81. The van der Waals surface area contributed by atoms with Crippen molar-refractivity contribution in [3.63, 3.8) is 0 Å². The van der Waals surface area contributed by atoms with Crippen LogP contribution in [0.1, 0.15) is 38.5 Å². The molecule has 0 N–H and O–H groups in total. The van der Waals surface area contributed by atoms with E-state index in [0.29, 0.717) is 0 Å². The Bertz CT molecular complexity index is 590. The molecule has 0 bridgehead atoms. The molecule has 22 heavy (non-hydrogen) atoms. The third-order valence-corrected chi connectivity index (χ3v) is 5.96. The fourth-order valence-electron chi connectivity index (χ4n) is 4.28. The highest BCUT2D eigenvalue weighted by molar-refractivity contribution is 7.03. The lowest BCUT2D eigenvalue weighted by molar-refractivity contribution is 0.0539. The van der Waals surface area contributed by atoms with Gasteiger partial charge in [0.15, 0.2) is 0 Å². The summed E-state index contributed by atoms with van der Waals surface area (Å²) in [6.07, 6.45) is 14.3. The first kappa shape index (κ1) is 14.4. The summed E-state index contributed by atoms with van der Waals surface area (Å²) in [4.78, 5) is 7.28. The Labute approximate surface area is 136 Å². The molecule has 5 heteroatoms. The topological polar surface area (TPSA) is 34.0 Å². The molecule has 4 nitrogen and oxygen atoms in total. The molecule has 2 atom stereocenters. The maximum Gasteiger partial charge on any atom is 0.142 e. The molecular weight excluding hydrogens is 292 g/mol. The van der Waals surface area contributed by atoms with Gasteiger partial charge in [-0.15, -0.1) is 0 Å². The second-order valence-electron chi connectivity index (χ2n) is 6.65. The van der Waals surface area contributed by atoms with Crippen molar-refractivity contribution >= 4 is 11.5 Å². The highest BCUT2D eigenvalue weighted by atomic mass is 32.1. The first-order chi connectivity index (χ1) is 10.9. The van der Waals surface area contributed by atoms with Crippen LogP contribution in [0.4, 0.5) is 0 Å². The van der Waals surface area contributed by atoms with Gasteiger partial charge in [-0.2, -0.15) is 0 Å². The van der Waals surface area contributed by atoms with Crippen LogP contribution in [0.15, 0.2) is 24.0 Å². The van der Waals surface area contributed by atoms with E-state index in [2.05, 4.69) is 30.4 Å². The van der Waals surface area contributed by atoms with Gasteiger partial charge in [0.2, 0.25) is 0 Å². The number of aryl methyl sites for hydroxylation is 1. The summed E-state index contributed by atoms with van der Waals surface area (Å²) in [6, 6.07) is 0.845. The van der Waals surface area contributed by atoms with Crippen LogP contribution in [0.25, 0.3) is 11.4 Å². The fourth-order valence-corrected chi connectivity index (χ4v) is 4.80. The Balaban J connectivity index is 1.43. The molecule has 4 heterocycles. The predicted octanol–water partition coefficient (Wildman–Crippen LogP) is 3.66. The average Bonchev–Trinajstić information content (AvgIpc) is 3.23. The maximum absolute atomic E-state index is 4.52. The summed E-state index contributed by atoms with van der Waals surface area (Å²) in [6.45, 7) is 3.75. The van der Waals surface area contributed by atoms with Crippen LogP contribution in [0.5, 0.6) is 0 Å². The third kappa shape index (κ3) is 2.84. The molecule has 0 amide bonds. The Morgan fingerprint density at radius 3 is 3.05 bits per heavy atom. The third-order valence-electron chi connectivity index (χ3n) is 5.38. The standard InChI is InChI=1S/C17H24N4S/c1-2-8-20-9-3-4-14(16(20)5-1)6-10-21-11-7-18-17(21)15-12-19-22-13-15/h7,11-14,16H,1-6,8-10H2/t14-,16+/m0/s1. The molecule has 0 radical (unpaired) electrons. The van der Waals surface area contributed by atoms with E-state index in [1.54, 1.807) is 0 Å². The van der Waals surface area contributed by atoms with E-state index in [9.17, 15) is 0 Å². The zero-order valence-electron chi connectivity index (χ0n) is 13.0. The summed E-state index contributed by atoms with van der Waals surface area (Å²) in [5.74, 6) is 1.94. The van der Waals surface area contributed by atoms with Gasteiger partial charge >= 0.3 is 0 Å². The molecule has 0 unspecified atom stereocenters. The van der Waals surface area contributed by atoms with Crippen molar-refractivity contribution in [1.29, 1.82) is 0 Å². The van der Waals surface area contributed by atoms with E-state index in [-0.39, 0.29) is 0 Å². The molecule has 2 aromatic heterocycles. The monoisotopic (exact) mass is 316 g/mol. The number of rotatable bonds is 4. The highest BCUT2D eigenvalue weighted by Crippen LogP contribution is 2.33. The van der Waals surface area contributed by atoms with Gasteiger partial charge in [0, 0.05) is 35.9 Å². The Morgan fingerprint density at radius 1 is 1.18 bits per heavy atom. The number of fused-ring (bicyclic) bond motifs is 1. The van der Waals surface area contributed by atoms with Gasteiger partial charge in [-0.3, -0.25) is 0 Å². The van der Waals surface area contributed by atoms with Crippen molar-refractivity contribution in [2.45, 2.75) is 51.1 Å².